The second-order valence-corrected chi connectivity index (χ2v) is 6.98. The first-order valence-corrected chi connectivity index (χ1v) is 9.65. The second-order valence-electron chi connectivity index (χ2n) is 6.57. The summed E-state index contributed by atoms with van der Waals surface area (Å²) in [5.41, 5.74) is 5.14. The molecule has 0 saturated carbocycles. The lowest BCUT2D eigenvalue weighted by molar-refractivity contribution is 0.576. The molecule has 0 aliphatic rings. The highest BCUT2D eigenvalue weighted by molar-refractivity contribution is 6.31. The Morgan fingerprint density at radius 3 is 2.18 bits per heavy atom. The van der Waals surface area contributed by atoms with Gasteiger partial charge in [-0.25, -0.2) is 0 Å². The molecule has 0 atom stereocenters. The predicted molar refractivity (Wildman–Crippen MR) is 113 cm³/mol. The van der Waals surface area contributed by atoms with E-state index in [2.05, 4.69) is 29.6 Å². The highest BCUT2D eigenvalue weighted by atomic mass is 35.5. The molecule has 1 heterocycles. The zero-order valence-corrected chi connectivity index (χ0v) is 16.2. The summed E-state index contributed by atoms with van der Waals surface area (Å²) >= 11 is 6.26. The van der Waals surface area contributed by atoms with Crippen molar-refractivity contribution < 1.29 is 0 Å². The number of halogens is 1. The van der Waals surface area contributed by atoms with Gasteiger partial charge in [-0.1, -0.05) is 90.5 Å². The summed E-state index contributed by atoms with van der Waals surface area (Å²) < 4.78 is 0. The third-order valence-corrected chi connectivity index (χ3v) is 4.87. The van der Waals surface area contributed by atoms with Gasteiger partial charge in [0.15, 0.2) is 0 Å². The van der Waals surface area contributed by atoms with Gasteiger partial charge in [-0.3, -0.25) is 0 Å². The normalized spacial score (nSPS) is 10.9. The van der Waals surface area contributed by atoms with Gasteiger partial charge < -0.3 is 5.32 Å². The largest absolute Gasteiger partial charge is 0.307 e. The van der Waals surface area contributed by atoms with Crippen LogP contribution in [0.4, 0.5) is 0 Å². The molecule has 0 spiro atoms. The van der Waals surface area contributed by atoms with E-state index in [0.717, 1.165) is 27.5 Å². The van der Waals surface area contributed by atoms with Crippen LogP contribution in [0.3, 0.4) is 0 Å². The first-order chi connectivity index (χ1) is 13.8. The van der Waals surface area contributed by atoms with Gasteiger partial charge in [0.05, 0.1) is 6.54 Å². The average molecular weight is 389 g/mol. The smallest absolute Gasteiger partial charge is 0.117 e. The van der Waals surface area contributed by atoms with Gasteiger partial charge in [-0.2, -0.15) is 15.0 Å². The van der Waals surface area contributed by atoms with E-state index in [9.17, 15) is 0 Å². The Morgan fingerprint density at radius 2 is 1.43 bits per heavy atom. The Balaban J connectivity index is 1.55. The number of nitrogens with zero attached hydrogens (tertiary/aromatic N) is 3. The minimum atomic E-state index is 0.615. The van der Waals surface area contributed by atoms with Crippen LogP contribution >= 0.6 is 11.6 Å². The van der Waals surface area contributed by atoms with Crippen LogP contribution in [-0.4, -0.2) is 15.0 Å². The lowest BCUT2D eigenvalue weighted by Gasteiger charge is -2.06. The summed E-state index contributed by atoms with van der Waals surface area (Å²) in [5, 5.41) is 13.7. The maximum atomic E-state index is 6.26. The molecule has 4 nitrogen and oxygen atoms in total. The first-order valence-electron chi connectivity index (χ1n) is 9.27. The molecule has 0 amide bonds. The van der Waals surface area contributed by atoms with Crippen LogP contribution in [-0.2, 0) is 19.6 Å². The molecule has 140 valence electrons. The molecule has 1 N–H and O–H groups in total. The van der Waals surface area contributed by atoms with E-state index in [4.69, 9.17) is 21.8 Å². The van der Waals surface area contributed by atoms with Crippen LogP contribution in [0.2, 0.25) is 5.02 Å². The maximum absolute atomic E-state index is 6.26. The van der Waals surface area contributed by atoms with Crippen molar-refractivity contribution >= 4 is 11.6 Å². The quantitative estimate of drug-likeness (QED) is 0.487. The van der Waals surface area contributed by atoms with Gasteiger partial charge in [0.2, 0.25) is 0 Å². The lowest BCUT2D eigenvalue weighted by Crippen LogP contribution is -2.14. The molecule has 0 unspecified atom stereocenters. The molecular weight excluding hydrogens is 368 g/mol. The summed E-state index contributed by atoms with van der Waals surface area (Å²) in [6.45, 7) is 1.94. The number of hydrogen-bond acceptors (Lipinski definition) is 3. The van der Waals surface area contributed by atoms with Crippen molar-refractivity contribution in [2.24, 2.45) is 0 Å². The SMILES string of the molecule is Clc1ccccc1CNCc1nn(Cc2ccccc2)nc1-c1ccccc1. The monoisotopic (exact) mass is 388 g/mol. The zero-order chi connectivity index (χ0) is 19.2. The van der Waals surface area contributed by atoms with E-state index in [1.807, 2.05) is 60.7 Å². The summed E-state index contributed by atoms with van der Waals surface area (Å²) in [7, 11) is 0. The van der Waals surface area contributed by atoms with Crippen LogP contribution in [0.15, 0.2) is 84.9 Å². The predicted octanol–water partition coefficient (Wildman–Crippen LogP) is 4.94. The maximum Gasteiger partial charge on any atom is 0.117 e. The molecule has 0 aliphatic heterocycles. The molecule has 0 aliphatic carbocycles. The second kappa shape index (κ2) is 8.83. The standard InChI is InChI=1S/C23H21ClN4/c24-21-14-8-7-13-20(21)15-25-16-22-23(19-11-5-2-6-12-19)27-28(26-22)17-18-9-3-1-4-10-18/h1-14,25H,15-17H2. The van der Waals surface area contributed by atoms with Crippen molar-refractivity contribution in [3.63, 3.8) is 0 Å². The van der Waals surface area contributed by atoms with Gasteiger partial charge in [0.1, 0.15) is 11.4 Å². The van der Waals surface area contributed by atoms with E-state index in [1.165, 1.54) is 5.56 Å². The fourth-order valence-corrected chi connectivity index (χ4v) is 3.30. The summed E-state index contributed by atoms with van der Waals surface area (Å²) in [6, 6.07) is 28.3. The van der Waals surface area contributed by atoms with Gasteiger partial charge in [0.25, 0.3) is 0 Å². The van der Waals surface area contributed by atoms with Crippen LogP contribution in [0, 0.1) is 0 Å². The number of hydrogen-bond donors (Lipinski definition) is 1. The highest BCUT2D eigenvalue weighted by Gasteiger charge is 2.13. The van der Waals surface area contributed by atoms with Crippen LogP contribution in [0.25, 0.3) is 11.3 Å². The van der Waals surface area contributed by atoms with E-state index >= 15 is 0 Å². The molecule has 28 heavy (non-hydrogen) atoms. The van der Waals surface area contributed by atoms with Gasteiger partial charge in [-0.05, 0) is 17.2 Å². The van der Waals surface area contributed by atoms with E-state index in [1.54, 1.807) is 4.80 Å². The molecule has 5 heteroatoms. The van der Waals surface area contributed by atoms with Gasteiger partial charge in [0, 0.05) is 23.7 Å². The van der Waals surface area contributed by atoms with Gasteiger partial charge >= 0.3 is 0 Å². The Bertz CT molecular complexity index is 1030. The molecule has 0 bridgehead atoms. The van der Waals surface area contributed by atoms with Gasteiger partial charge in [-0.15, -0.1) is 0 Å². The fraction of sp³-hybridized carbons (Fsp3) is 0.130. The highest BCUT2D eigenvalue weighted by Crippen LogP contribution is 2.21. The van der Waals surface area contributed by atoms with Crippen molar-refractivity contribution in [1.29, 1.82) is 0 Å². The number of rotatable bonds is 7. The van der Waals surface area contributed by atoms with Crippen LogP contribution in [0.5, 0.6) is 0 Å². The third kappa shape index (κ3) is 4.47. The van der Waals surface area contributed by atoms with E-state index in [0.29, 0.717) is 19.6 Å². The van der Waals surface area contributed by atoms with Crippen LogP contribution < -0.4 is 5.32 Å². The zero-order valence-electron chi connectivity index (χ0n) is 15.4. The summed E-state index contributed by atoms with van der Waals surface area (Å²) in [5.74, 6) is 0. The molecule has 4 aromatic rings. The third-order valence-electron chi connectivity index (χ3n) is 4.50. The molecular formula is C23H21ClN4. The summed E-state index contributed by atoms with van der Waals surface area (Å²) in [4.78, 5) is 1.77. The van der Waals surface area contributed by atoms with E-state index < -0.39 is 0 Å². The molecule has 1 aromatic heterocycles. The first kappa shape index (κ1) is 18.4. The van der Waals surface area contributed by atoms with E-state index in [-0.39, 0.29) is 0 Å². The van der Waals surface area contributed by atoms with Crippen molar-refractivity contribution in [2.75, 3.05) is 0 Å². The average Bonchev–Trinajstić information content (AvgIpc) is 3.13. The van der Waals surface area contributed by atoms with Crippen LogP contribution in [0.1, 0.15) is 16.8 Å². The van der Waals surface area contributed by atoms with Crippen molar-refractivity contribution in [1.82, 2.24) is 20.3 Å². The Kier molecular flexibility index (Phi) is 5.80. The molecule has 4 rings (SSSR count). The van der Waals surface area contributed by atoms with Crippen molar-refractivity contribution in [3.05, 3.63) is 107 Å². The van der Waals surface area contributed by atoms with Crippen molar-refractivity contribution in [2.45, 2.75) is 19.6 Å². The number of benzene rings is 3. The Morgan fingerprint density at radius 1 is 0.750 bits per heavy atom. The lowest BCUT2D eigenvalue weighted by atomic mass is 10.1. The minimum absolute atomic E-state index is 0.615. The Hall–Kier alpha value is -2.95. The fourth-order valence-electron chi connectivity index (χ4n) is 3.10. The topological polar surface area (TPSA) is 42.7 Å². The molecule has 0 radical (unpaired) electrons. The molecule has 0 saturated heterocycles. The summed E-state index contributed by atoms with van der Waals surface area (Å²) in [6.07, 6.45) is 0. The molecule has 3 aromatic carbocycles. The minimum Gasteiger partial charge on any atom is -0.307 e. The number of nitrogens with one attached hydrogen (secondary N) is 1. The van der Waals surface area contributed by atoms with Crippen molar-refractivity contribution in [3.8, 4) is 11.3 Å². The number of aromatic nitrogens is 3. The Labute approximate surface area is 169 Å². The molecule has 0 fully saturated rings.